The van der Waals surface area contributed by atoms with Crippen LogP contribution in [0.2, 0.25) is 0 Å². The molecule has 3 aliphatic heterocycles. The van der Waals surface area contributed by atoms with Gasteiger partial charge in [0.15, 0.2) is 6.29 Å². The minimum Gasteiger partial charge on any atom is -0.366 e. The molecule has 2 fully saturated rings. The molecule has 0 aromatic heterocycles. The Morgan fingerprint density at radius 1 is 1.14 bits per heavy atom. The predicted octanol–water partition coefficient (Wildman–Crippen LogP) is 4.78. The number of ether oxygens (including phenoxy) is 1. The Labute approximate surface area is 201 Å². The van der Waals surface area contributed by atoms with Gasteiger partial charge in [0.25, 0.3) is 0 Å². The molecule has 0 radical (unpaired) electrons. The number of aliphatic hydroxyl groups excluding tert-OH is 1. The second-order valence-corrected chi connectivity index (χ2v) is 9.63. The molecule has 3 aliphatic rings. The summed E-state index contributed by atoms with van der Waals surface area (Å²) in [6.07, 6.45) is -7.08. The molecule has 3 heterocycles. The number of hydrogen-bond acceptors (Lipinski definition) is 6. The van der Waals surface area contributed by atoms with Crippen molar-refractivity contribution in [1.29, 1.82) is 0 Å². The maximum Gasteiger partial charge on any atom is 0.416 e. The summed E-state index contributed by atoms with van der Waals surface area (Å²) in [5.74, 6) is 0.419. The zero-order valence-electron chi connectivity index (χ0n) is 18.3. The number of piperidine rings is 1. The molecule has 6 nitrogen and oxygen atoms in total. The van der Waals surface area contributed by atoms with E-state index in [1.165, 1.54) is 0 Å². The lowest BCUT2D eigenvalue weighted by Gasteiger charge is -2.31. The van der Waals surface area contributed by atoms with Crippen LogP contribution in [0.25, 0.3) is 0 Å². The van der Waals surface area contributed by atoms with Crippen molar-refractivity contribution in [2.24, 2.45) is 10.9 Å². The molecule has 1 aromatic rings. The first-order chi connectivity index (χ1) is 16.4. The zero-order valence-corrected chi connectivity index (χ0v) is 19.1. The van der Waals surface area contributed by atoms with Crippen LogP contribution < -0.4 is 5.32 Å². The molecule has 0 bridgehead atoms. The molecule has 1 aromatic carbocycles. The third-order valence-corrected chi connectivity index (χ3v) is 6.99. The van der Waals surface area contributed by atoms with E-state index in [1.54, 1.807) is 4.90 Å². The SMILES string of the molecule is O=C1N=C(N[C@@H]2CCO[C@H]2O)C(=CC2CCN(Cc3ccc(C(F)(F)F)cc3C(F)(F)F)CC2)S1. The van der Waals surface area contributed by atoms with E-state index in [0.29, 0.717) is 55.8 Å². The van der Waals surface area contributed by atoms with Crippen molar-refractivity contribution < 1.29 is 41.0 Å². The van der Waals surface area contributed by atoms with Gasteiger partial charge in [-0.15, -0.1) is 0 Å². The largest absolute Gasteiger partial charge is 0.416 e. The molecule has 13 heteroatoms. The van der Waals surface area contributed by atoms with E-state index >= 15 is 0 Å². The Bertz CT molecular complexity index is 1020. The molecule has 4 rings (SSSR count). The van der Waals surface area contributed by atoms with Gasteiger partial charge in [-0.2, -0.15) is 31.3 Å². The van der Waals surface area contributed by atoms with Crippen molar-refractivity contribution in [2.45, 2.75) is 50.5 Å². The van der Waals surface area contributed by atoms with Crippen molar-refractivity contribution in [2.75, 3.05) is 19.7 Å². The number of thioether (sulfide) groups is 1. The van der Waals surface area contributed by atoms with Crippen molar-refractivity contribution >= 4 is 22.8 Å². The fourth-order valence-corrected chi connectivity index (χ4v) is 5.10. The van der Waals surface area contributed by atoms with Crippen LogP contribution in [-0.4, -0.2) is 53.1 Å². The number of alkyl halides is 6. The van der Waals surface area contributed by atoms with Crippen molar-refractivity contribution in [3.8, 4) is 0 Å². The summed E-state index contributed by atoms with van der Waals surface area (Å²) in [5.41, 5.74) is -2.80. The van der Waals surface area contributed by atoms with Crippen LogP contribution in [0.5, 0.6) is 0 Å². The maximum atomic E-state index is 13.4. The number of benzene rings is 1. The summed E-state index contributed by atoms with van der Waals surface area (Å²) >= 11 is 0.966. The van der Waals surface area contributed by atoms with Crippen LogP contribution in [0.3, 0.4) is 0 Å². The summed E-state index contributed by atoms with van der Waals surface area (Å²) < 4.78 is 84.1. The van der Waals surface area contributed by atoms with E-state index in [-0.39, 0.29) is 35.4 Å². The van der Waals surface area contributed by atoms with Gasteiger partial charge in [0.05, 0.1) is 28.7 Å². The summed E-state index contributed by atoms with van der Waals surface area (Å²) in [7, 11) is 0. The molecule has 0 saturated carbocycles. The number of nitrogens with zero attached hydrogens (tertiary/aromatic N) is 2. The minimum atomic E-state index is -4.90. The molecular weight excluding hydrogens is 500 g/mol. The second-order valence-electron chi connectivity index (χ2n) is 8.64. The number of aliphatic hydroxyl groups is 1. The molecule has 35 heavy (non-hydrogen) atoms. The number of aliphatic imine (C=N–C) groups is 1. The highest BCUT2D eigenvalue weighted by atomic mass is 32.2. The third-order valence-electron chi connectivity index (χ3n) is 6.17. The van der Waals surface area contributed by atoms with E-state index in [2.05, 4.69) is 10.3 Å². The lowest BCUT2D eigenvalue weighted by molar-refractivity contribution is -0.143. The molecule has 2 N–H and O–H groups in total. The Morgan fingerprint density at radius 2 is 1.86 bits per heavy atom. The minimum absolute atomic E-state index is 0.0473. The van der Waals surface area contributed by atoms with Gasteiger partial charge < -0.3 is 15.2 Å². The Kier molecular flexibility index (Phi) is 7.51. The first kappa shape index (κ1) is 26.0. The highest BCUT2D eigenvalue weighted by Gasteiger charge is 2.38. The zero-order chi connectivity index (χ0) is 25.4. The Hall–Kier alpha value is -2.09. The highest BCUT2D eigenvalue weighted by molar-refractivity contribution is 8.18. The molecule has 0 unspecified atom stereocenters. The van der Waals surface area contributed by atoms with Gasteiger partial charge in [0.2, 0.25) is 0 Å². The van der Waals surface area contributed by atoms with Gasteiger partial charge in [0, 0.05) is 6.54 Å². The fraction of sp³-hybridized carbons (Fsp3) is 0.545. The molecule has 1 amide bonds. The highest BCUT2D eigenvalue weighted by Crippen LogP contribution is 2.38. The van der Waals surface area contributed by atoms with Crippen LogP contribution in [-0.2, 0) is 23.6 Å². The predicted molar refractivity (Wildman–Crippen MR) is 116 cm³/mol. The third kappa shape index (κ3) is 6.38. The lowest BCUT2D eigenvalue weighted by atomic mass is 9.95. The molecule has 0 aliphatic carbocycles. The first-order valence-electron chi connectivity index (χ1n) is 11.0. The number of likely N-dealkylation sites (tertiary alicyclic amines) is 1. The van der Waals surface area contributed by atoms with Gasteiger partial charge in [0.1, 0.15) is 5.84 Å². The van der Waals surface area contributed by atoms with Crippen LogP contribution in [0.15, 0.2) is 34.2 Å². The monoisotopic (exact) mass is 523 g/mol. The van der Waals surface area contributed by atoms with Gasteiger partial charge in [-0.3, -0.25) is 9.69 Å². The standard InChI is InChI=1S/C22H23F6N3O3S/c23-21(24,25)14-2-1-13(15(10-14)22(26,27)28)11-31-6-3-12(4-7-31)9-17-18(30-20(33)35-17)29-16-5-8-34-19(16)32/h1-2,9-10,12,16,19,32H,3-8,11H2,(H,29,30,33)/t16-,19-/m1/s1. The van der Waals surface area contributed by atoms with Gasteiger partial charge in [-0.1, -0.05) is 12.1 Å². The molecule has 192 valence electrons. The number of carbonyl (C=O) groups excluding carboxylic acids is 1. The number of halogens is 6. The summed E-state index contributed by atoms with van der Waals surface area (Å²) in [4.78, 5) is 18.2. The lowest BCUT2D eigenvalue weighted by Crippen LogP contribution is -2.40. The van der Waals surface area contributed by atoms with E-state index in [9.17, 15) is 36.2 Å². The van der Waals surface area contributed by atoms with Gasteiger partial charge in [-0.05, 0) is 67.7 Å². The quantitative estimate of drug-likeness (QED) is 0.554. The van der Waals surface area contributed by atoms with Gasteiger partial charge in [-0.25, -0.2) is 0 Å². The van der Waals surface area contributed by atoms with Crippen molar-refractivity contribution in [1.82, 2.24) is 10.2 Å². The summed E-state index contributed by atoms with van der Waals surface area (Å²) in [6.45, 7) is 1.16. The molecule has 2 saturated heterocycles. The van der Waals surface area contributed by atoms with Crippen LogP contribution in [0, 0.1) is 5.92 Å². The number of hydrogen-bond donors (Lipinski definition) is 2. The maximum absolute atomic E-state index is 13.4. The smallest absolute Gasteiger partial charge is 0.366 e. The first-order valence-corrected chi connectivity index (χ1v) is 11.8. The number of nitrogens with one attached hydrogen (secondary N) is 1. The van der Waals surface area contributed by atoms with E-state index < -0.39 is 29.8 Å². The van der Waals surface area contributed by atoms with Crippen LogP contribution in [0.1, 0.15) is 36.0 Å². The molecule has 2 atom stereocenters. The number of allylic oxidation sites excluding steroid dienone is 1. The number of amidine groups is 1. The Morgan fingerprint density at radius 3 is 2.46 bits per heavy atom. The van der Waals surface area contributed by atoms with E-state index in [0.717, 1.165) is 17.8 Å². The van der Waals surface area contributed by atoms with Crippen molar-refractivity contribution in [3.05, 3.63) is 45.9 Å². The summed E-state index contributed by atoms with van der Waals surface area (Å²) in [5, 5.41) is 12.5. The Balaban J connectivity index is 1.39. The second kappa shape index (κ2) is 10.1. The van der Waals surface area contributed by atoms with Gasteiger partial charge >= 0.3 is 17.6 Å². The number of rotatable bonds is 4. The number of carbonyl (C=O) groups is 1. The summed E-state index contributed by atoms with van der Waals surface area (Å²) in [6, 6.07) is 1.37. The topological polar surface area (TPSA) is 74.2 Å². The van der Waals surface area contributed by atoms with Crippen LogP contribution in [0.4, 0.5) is 31.1 Å². The van der Waals surface area contributed by atoms with E-state index in [4.69, 9.17) is 4.74 Å². The fourth-order valence-electron chi connectivity index (χ4n) is 4.31. The molecular formula is C22H23F6N3O3S. The van der Waals surface area contributed by atoms with E-state index in [1.807, 2.05) is 6.08 Å². The average Bonchev–Trinajstić information content (AvgIpc) is 3.33. The van der Waals surface area contributed by atoms with Crippen LogP contribution >= 0.6 is 11.8 Å². The normalized spacial score (nSPS) is 26.0. The van der Waals surface area contributed by atoms with Crippen molar-refractivity contribution in [3.63, 3.8) is 0 Å². The number of amides is 1. The average molecular weight is 523 g/mol. The molecule has 0 spiro atoms.